The van der Waals surface area contributed by atoms with Crippen molar-refractivity contribution in [3.8, 4) is 11.3 Å². The zero-order valence-electron chi connectivity index (χ0n) is 11.5. The molecular formula is C15H15ClN2O3. The van der Waals surface area contributed by atoms with E-state index in [1.807, 2.05) is 12.1 Å². The lowest BCUT2D eigenvalue weighted by atomic mass is 10.2. The van der Waals surface area contributed by atoms with Gasteiger partial charge in [-0.1, -0.05) is 11.6 Å². The molecule has 2 aromatic rings. The Morgan fingerprint density at radius 3 is 2.38 bits per heavy atom. The van der Waals surface area contributed by atoms with Crippen molar-refractivity contribution in [2.24, 2.45) is 0 Å². The number of carbonyl (C=O) groups is 2. The quantitative estimate of drug-likeness (QED) is 0.834. The number of benzene rings is 1. The molecule has 0 aliphatic rings. The Labute approximate surface area is 127 Å². The van der Waals surface area contributed by atoms with Crippen LogP contribution in [0.4, 0.5) is 0 Å². The van der Waals surface area contributed by atoms with Gasteiger partial charge in [0.05, 0.1) is 0 Å². The molecule has 0 saturated carbocycles. The second-order valence-corrected chi connectivity index (χ2v) is 4.85. The number of nitrogens with one attached hydrogen (secondary N) is 2. The molecule has 1 heterocycles. The third-order valence-electron chi connectivity index (χ3n) is 2.74. The molecular weight excluding hydrogens is 292 g/mol. The highest BCUT2D eigenvalue weighted by Crippen LogP contribution is 2.23. The van der Waals surface area contributed by atoms with Crippen molar-refractivity contribution in [2.45, 2.75) is 6.92 Å². The molecule has 0 aliphatic carbocycles. The Morgan fingerprint density at radius 2 is 1.71 bits per heavy atom. The predicted octanol–water partition coefficient (Wildman–Crippen LogP) is 2.47. The summed E-state index contributed by atoms with van der Waals surface area (Å²) in [7, 11) is 0. The maximum atomic E-state index is 11.8. The van der Waals surface area contributed by atoms with Crippen LogP contribution >= 0.6 is 11.6 Å². The van der Waals surface area contributed by atoms with Gasteiger partial charge in [0.2, 0.25) is 5.91 Å². The van der Waals surface area contributed by atoms with Gasteiger partial charge in [-0.2, -0.15) is 0 Å². The molecule has 0 saturated heterocycles. The van der Waals surface area contributed by atoms with Crippen LogP contribution in [-0.2, 0) is 4.79 Å². The zero-order valence-corrected chi connectivity index (χ0v) is 12.2. The van der Waals surface area contributed by atoms with Gasteiger partial charge in [-0.15, -0.1) is 0 Å². The standard InChI is InChI=1S/C15H15ClN2O3/c1-10(19)17-8-9-18-15(20)14-7-6-13(21-14)11-2-4-12(16)5-3-11/h2-7H,8-9H2,1H3,(H,17,19)(H,18,20). The van der Waals surface area contributed by atoms with Crippen molar-refractivity contribution in [3.63, 3.8) is 0 Å². The van der Waals surface area contributed by atoms with E-state index in [4.69, 9.17) is 16.0 Å². The predicted molar refractivity (Wildman–Crippen MR) is 80.2 cm³/mol. The summed E-state index contributed by atoms with van der Waals surface area (Å²) in [5.41, 5.74) is 0.844. The van der Waals surface area contributed by atoms with Gasteiger partial charge < -0.3 is 15.1 Å². The van der Waals surface area contributed by atoms with E-state index in [1.165, 1.54) is 6.92 Å². The number of rotatable bonds is 5. The Kier molecular flexibility index (Phi) is 5.00. The van der Waals surface area contributed by atoms with Gasteiger partial charge >= 0.3 is 0 Å². The number of hydrogen-bond donors (Lipinski definition) is 2. The summed E-state index contributed by atoms with van der Waals surface area (Å²) >= 11 is 5.82. The van der Waals surface area contributed by atoms with E-state index in [0.717, 1.165) is 5.56 Å². The minimum absolute atomic E-state index is 0.132. The van der Waals surface area contributed by atoms with Gasteiger partial charge in [0, 0.05) is 30.6 Å². The van der Waals surface area contributed by atoms with Gasteiger partial charge in [0.1, 0.15) is 5.76 Å². The highest BCUT2D eigenvalue weighted by atomic mass is 35.5. The lowest BCUT2D eigenvalue weighted by Gasteiger charge is -2.03. The van der Waals surface area contributed by atoms with Gasteiger partial charge in [-0.25, -0.2) is 0 Å². The van der Waals surface area contributed by atoms with E-state index < -0.39 is 0 Å². The first-order valence-electron chi connectivity index (χ1n) is 6.44. The van der Waals surface area contributed by atoms with Crippen molar-refractivity contribution in [1.82, 2.24) is 10.6 Å². The number of halogens is 1. The molecule has 0 bridgehead atoms. The number of amides is 2. The number of carbonyl (C=O) groups excluding carboxylic acids is 2. The third-order valence-corrected chi connectivity index (χ3v) is 3.00. The minimum Gasteiger partial charge on any atom is -0.451 e. The van der Waals surface area contributed by atoms with E-state index in [1.54, 1.807) is 24.3 Å². The van der Waals surface area contributed by atoms with Crippen molar-refractivity contribution in [2.75, 3.05) is 13.1 Å². The topological polar surface area (TPSA) is 71.3 Å². The molecule has 1 aromatic heterocycles. The maximum absolute atomic E-state index is 11.8. The lowest BCUT2D eigenvalue weighted by molar-refractivity contribution is -0.118. The highest BCUT2D eigenvalue weighted by Gasteiger charge is 2.11. The SMILES string of the molecule is CC(=O)NCCNC(=O)c1ccc(-c2ccc(Cl)cc2)o1. The van der Waals surface area contributed by atoms with E-state index in [2.05, 4.69) is 10.6 Å². The second-order valence-electron chi connectivity index (χ2n) is 4.41. The molecule has 5 nitrogen and oxygen atoms in total. The molecule has 6 heteroatoms. The van der Waals surface area contributed by atoms with Crippen LogP contribution in [0.3, 0.4) is 0 Å². The molecule has 110 valence electrons. The monoisotopic (exact) mass is 306 g/mol. The fraction of sp³-hybridized carbons (Fsp3) is 0.200. The van der Waals surface area contributed by atoms with Crippen molar-refractivity contribution < 1.29 is 14.0 Å². The van der Waals surface area contributed by atoms with Crippen molar-refractivity contribution in [1.29, 1.82) is 0 Å². The summed E-state index contributed by atoms with van der Waals surface area (Å²) in [4.78, 5) is 22.5. The number of furan rings is 1. The first kappa shape index (κ1) is 15.1. The molecule has 2 amide bonds. The minimum atomic E-state index is -0.319. The van der Waals surface area contributed by atoms with Gasteiger partial charge in [-0.3, -0.25) is 9.59 Å². The van der Waals surface area contributed by atoms with Gasteiger partial charge in [0.25, 0.3) is 5.91 Å². The van der Waals surface area contributed by atoms with Crippen molar-refractivity contribution in [3.05, 3.63) is 47.2 Å². The molecule has 21 heavy (non-hydrogen) atoms. The summed E-state index contributed by atoms with van der Waals surface area (Å²) in [5, 5.41) is 5.89. The first-order valence-corrected chi connectivity index (χ1v) is 6.82. The summed E-state index contributed by atoms with van der Waals surface area (Å²) < 4.78 is 5.51. The van der Waals surface area contributed by atoms with E-state index in [9.17, 15) is 9.59 Å². The molecule has 0 atom stereocenters. The summed E-state index contributed by atoms with van der Waals surface area (Å²) in [5.74, 6) is 0.370. The fourth-order valence-electron chi connectivity index (χ4n) is 1.73. The van der Waals surface area contributed by atoms with Crippen LogP contribution in [0.1, 0.15) is 17.5 Å². The van der Waals surface area contributed by atoms with E-state index >= 15 is 0 Å². The largest absolute Gasteiger partial charge is 0.451 e. The van der Waals surface area contributed by atoms with Crippen LogP contribution in [0.25, 0.3) is 11.3 Å². The Bertz CT molecular complexity index is 635. The summed E-state index contributed by atoms with van der Waals surface area (Å²) in [6.45, 7) is 2.15. The van der Waals surface area contributed by atoms with Crippen LogP contribution in [0.5, 0.6) is 0 Å². The fourth-order valence-corrected chi connectivity index (χ4v) is 1.86. The Hall–Kier alpha value is -2.27. The molecule has 0 unspecified atom stereocenters. The number of hydrogen-bond acceptors (Lipinski definition) is 3. The van der Waals surface area contributed by atoms with Gasteiger partial charge in [-0.05, 0) is 36.4 Å². The molecule has 1 aromatic carbocycles. The Morgan fingerprint density at radius 1 is 1.05 bits per heavy atom. The molecule has 0 aliphatic heterocycles. The van der Waals surface area contributed by atoms with Crippen LogP contribution in [0.15, 0.2) is 40.8 Å². The lowest BCUT2D eigenvalue weighted by Crippen LogP contribution is -2.33. The van der Waals surface area contributed by atoms with E-state index in [-0.39, 0.29) is 17.6 Å². The third kappa shape index (κ3) is 4.36. The molecule has 2 N–H and O–H groups in total. The summed E-state index contributed by atoms with van der Waals surface area (Å²) in [6, 6.07) is 10.5. The maximum Gasteiger partial charge on any atom is 0.287 e. The normalized spacial score (nSPS) is 10.2. The average molecular weight is 307 g/mol. The molecule has 0 fully saturated rings. The smallest absolute Gasteiger partial charge is 0.287 e. The average Bonchev–Trinajstić information content (AvgIpc) is 2.94. The molecule has 2 rings (SSSR count). The summed E-state index contributed by atoms with van der Waals surface area (Å²) in [6.07, 6.45) is 0. The molecule has 0 radical (unpaired) electrons. The first-order chi connectivity index (χ1) is 10.1. The van der Waals surface area contributed by atoms with Crippen molar-refractivity contribution >= 4 is 23.4 Å². The zero-order chi connectivity index (χ0) is 15.2. The van der Waals surface area contributed by atoms with Crippen LogP contribution < -0.4 is 10.6 Å². The van der Waals surface area contributed by atoms with Crippen LogP contribution in [0, 0.1) is 0 Å². The Balaban J connectivity index is 1.94. The molecule has 0 spiro atoms. The van der Waals surface area contributed by atoms with Crippen LogP contribution in [0.2, 0.25) is 5.02 Å². The van der Waals surface area contributed by atoms with Gasteiger partial charge in [0.15, 0.2) is 5.76 Å². The highest BCUT2D eigenvalue weighted by molar-refractivity contribution is 6.30. The van der Waals surface area contributed by atoms with Crippen LogP contribution in [-0.4, -0.2) is 24.9 Å². The second kappa shape index (κ2) is 6.95. The van der Waals surface area contributed by atoms with E-state index in [0.29, 0.717) is 23.9 Å².